The Hall–Kier alpha value is -4.77. The summed E-state index contributed by atoms with van der Waals surface area (Å²) in [7, 11) is 0. The molecule has 3 aromatic carbocycles. The van der Waals surface area contributed by atoms with Crippen molar-refractivity contribution >= 4 is 46.2 Å². The molecule has 1 aromatic heterocycles. The van der Waals surface area contributed by atoms with E-state index in [1.807, 2.05) is 0 Å². The van der Waals surface area contributed by atoms with Gasteiger partial charge in [0.25, 0.3) is 0 Å². The van der Waals surface area contributed by atoms with E-state index in [0.717, 1.165) is 52.6 Å². The van der Waals surface area contributed by atoms with Crippen LogP contribution in [0.25, 0.3) is 17.1 Å². The number of nitrogens with zero attached hydrogens (tertiary/aromatic N) is 5. The smallest absolute Gasteiger partial charge is 0.448 e. The highest BCUT2D eigenvalue weighted by Gasteiger charge is 2.37. The third-order valence-corrected chi connectivity index (χ3v) is 7.15. The topological polar surface area (TPSA) is 108 Å². The summed E-state index contributed by atoms with van der Waals surface area (Å²) in [5.74, 6) is -1.55. The maximum absolute atomic E-state index is 12.9. The lowest BCUT2D eigenvalue weighted by Gasteiger charge is -2.20. The van der Waals surface area contributed by atoms with Gasteiger partial charge in [-0.2, -0.15) is 4.99 Å². The monoisotopic (exact) mass is 685 g/mol. The third-order valence-electron chi connectivity index (χ3n) is 6.00. The summed E-state index contributed by atoms with van der Waals surface area (Å²) in [5, 5.41) is 4.16. The van der Waals surface area contributed by atoms with Gasteiger partial charge in [-0.05, 0) is 48.0 Å². The Bertz CT molecular complexity index is 1760. The molecule has 0 spiro atoms. The molecule has 0 saturated carbocycles. The minimum Gasteiger partial charge on any atom is -0.448 e. The summed E-state index contributed by atoms with van der Waals surface area (Å²) in [5.41, 5.74) is 1.53. The molecule has 240 valence electrons. The van der Waals surface area contributed by atoms with E-state index in [9.17, 15) is 35.9 Å². The molecule has 0 atom stereocenters. The fourth-order valence-electron chi connectivity index (χ4n) is 4.07. The van der Waals surface area contributed by atoms with Crippen molar-refractivity contribution in [1.82, 2.24) is 14.8 Å². The molecule has 46 heavy (non-hydrogen) atoms. The van der Waals surface area contributed by atoms with E-state index in [0.29, 0.717) is 17.1 Å². The average molecular weight is 686 g/mol. The standard InChI is InChI=1S/C28H18ClF6N5O5S/c29-18-5-10-22(45-28(33,34)35)21(13-18)40-23(41)14-46-25(40)37-26(42)43-12-11-16-1-3-17(4-2-16)24-36-15-39(38-24)19-6-8-20(9-7-19)44-27(30,31)32/h1-10,13,15H,11-12,14H2/b37-25-. The Morgan fingerprint density at radius 3 is 2.33 bits per heavy atom. The van der Waals surface area contributed by atoms with E-state index in [1.165, 1.54) is 23.1 Å². The van der Waals surface area contributed by atoms with E-state index in [-0.39, 0.29) is 40.4 Å². The molecule has 1 aliphatic heterocycles. The molecular formula is C28H18ClF6N5O5S. The zero-order chi connectivity index (χ0) is 33.1. The first-order valence-electron chi connectivity index (χ1n) is 12.9. The molecule has 18 heteroatoms. The fraction of sp³-hybridized carbons (Fsp3) is 0.179. The van der Waals surface area contributed by atoms with Gasteiger partial charge in [0.15, 0.2) is 16.7 Å². The van der Waals surface area contributed by atoms with Crippen LogP contribution >= 0.6 is 23.4 Å². The summed E-state index contributed by atoms with van der Waals surface area (Å²) >= 11 is 6.76. The number of hydrogen-bond donors (Lipinski definition) is 0. The van der Waals surface area contributed by atoms with Crippen molar-refractivity contribution in [2.45, 2.75) is 19.1 Å². The molecule has 10 nitrogen and oxygen atoms in total. The van der Waals surface area contributed by atoms with Gasteiger partial charge in [0.05, 0.1) is 23.7 Å². The summed E-state index contributed by atoms with van der Waals surface area (Å²) in [6.45, 7) is -0.103. The lowest BCUT2D eigenvalue weighted by atomic mass is 10.1. The highest BCUT2D eigenvalue weighted by atomic mass is 35.5. The lowest BCUT2D eigenvalue weighted by molar-refractivity contribution is -0.275. The van der Waals surface area contributed by atoms with Crippen LogP contribution in [0.4, 0.5) is 36.8 Å². The number of amides is 2. The maximum atomic E-state index is 12.9. The first kappa shape index (κ1) is 32.6. The number of rotatable bonds is 8. The van der Waals surface area contributed by atoms with E-state index in [2.05, 4.69) is 24.5 Å². The number of aliphatic imine (C=N–C) groups is 1. The summed E-state index contributed by atoms with van der Waals surface area (Å²) in [4.78, 5) is 33.7. The SMILES string of the molecule is O=C(/N=C1\SCC(=O)N1c1cc(Cl)ccc1OC(F)(F)F)OCCc1ccc(-c2ncn(-c3ccc(OC(F)(F)F)cc3)n2)cc1. The highest BCUT2D eigenvalue weighted by Crippen LogP contribution is 2.39. The van der Waals surface area contributed by atoms with E-state index < -0.39 is 30.5 Å². The van der Waals surface area contributed by atoms with Crippen molar-refractivity contribution in [3.8, 4) is 28.6 Å². The summed E-state index contributed by atoms with van der Waals surface area (Å²) in [6, 6.07) is 15.2. The number of anilines is 1. The Morgan fingerprint density at radius 2 is 1.65 bits per heavy atom. The number of carbonyl (C=O) groups is 2. The third kappa shape index (κ3) is 8.48. The van der Waals surface area contributed by atoms with Gasteiger partial charge in [0, 0.05) is 17.0 Å². The van der Waals surface area contributed by atoms with Gasteiger partial charge in [0.2, 0.25) is 5.91 Å². The highest BCUT2D eigenvalue weighted by molar-refractivity contribution is 8.15. The first-order valence-corrected chi connectivity index (χ1v) is 14.2. The molecule has 4 aromatic rings. The van der Waals surface area contributed by atoms with Crippen molar-refractivity contribution in [3.05, 3.63) is 83.6 Å². The Morgan fingerprint density at radius 1 is 0.957 bits per heavy atom. The van der Waals surface area contributed by atoms with Crippen LogP contribution in [0.3, 0.4) is 0 Å². The van der Waals surface area contributed by atoms with Crippen LogP contribution in [0.1, 0.15) is 5.56 Å². The number of thioether (sulfide) groups is 1. The molecule has 0 N–H and O–H groups in total. The minimum atomic E-state index is -5.04. The second-order valence-corrected chi connectivity index (χ2v) is 10.6. The van der Waals surface area contributed by atoms with Crippen molar-refractivity contribution in [2.75, 3.05) is 17.3 Å². The van der Waals surface area contributed by atoms with Crippen LogP contribution in [0.5, 0.6) is 11.5 Å². The Kier molecular flexibility index (Phi) is 9.43. The largest absolute Gasteiger partial charge is 0.573 e. The zero-order valence-electron chi connectivity index (χ0n) is 22.9. The number of alkyl halides is 6. The van der Waals surface area contributed by atoms with Crippen LogP contribution in [-0.4, -0.2) is 57.0 Å². The van der Waals surface area contributed by atoms with Crippen LogP contribution < -0.4 is 14.4 Å². The van der Waals surface area contributed by atoms with Crippen LogP contribution in [0, 0.1) is 0 Å². The fourth-order valence-corrected chi connectivity index (χ4v) is 5.08. The molecule has 0 radical (unpaired) electrons. The number of carbonyl (C=O) groups excluding carboxylic acids is 2. The molecule has 1 fully saturated rings. The molecule has 0 aliphatic carbocycles. The molecule has 5 rings (SSSR count). The van der Waals surface area contributed by atoms with Gasteiger partial charge < -0.3 is 14.2 Å². The minimum absolute atomic E-state index is 0.0273. The molecule has 0 bridgehead atoms. The molecule has 2 heterocycles. The number of halogens is 7. The second-order valence-electron chi connectivity index (χ2n) is 9.19. The van der Waals surface area contributed by atoms with Gasteiger partial charge in [-0.1, -0.05) is 47.6 Å². The van der Waals surface area contributed by atoms with Gasteiger partial charge in [0.1, 0.15) is 12.1 Å². The van der Waals surface area contributed by atoms with Gasteiger partial charge in [-0.25, -0.2) is 14.5 Å². The zero-order valence-corrected chi connectivity index (χ0v) is 24.5. The number of benzene rings is 3. The number of amidine groups is 1. The van der Waals surface area contributed by atoms with Gasteiger partial charge in [-0.15, -0.1) is 31.4 Å². The van der Waals surface area contributed by atoms with E-state index >= 15 is 0 Å². The van der Waals surface area contributed by atoms with Crippen molar-refractivity contribution in [1.29, 1.82) is 0 Å². The molecule has 0 unspecified atom stereocenters. The van der Waals surface area contributed by atoms with E-state index in [4.69, 9.17) is 16.3 Å². The predicted octanol–water partition coefficient (Wildman–Crippen LogP) is 7.20. The molecule has 2 amide bonds. The lowest BCUT2D eigenvalue weighted by Crippen LogP contribution is -2.31. The van der Waals surface area contributed by atoms with Crippen LogP contribution in [0.15, 0.2) is 78.0 Å². The first-order chi connectivity index (χ1) is 21.7. The molecular weight excluding hydrogens is 668 g/mol. The molecule has 1 saturated heterocycles. The quantitative estimate of drug-likeness (QED) is 0.179. The van der Waals surface area contributed by atoms with Crippen LogP contribution in [-0.2, 0) is 16.0 Å². The summed E-state index contributed by atoms with van der Waals surface area (Å²) < 4.78 is 90.3. The average Bonchev–Trinajstić information content (AvgIpc) is 3.60. The predicted molar refractivity (Wildman–Crippen MR) is 154 cm³/mol. The number of aromatic nitrogens is 3. The normalized spacial score (nSPS) is 14.5. The summed E-state index contributed by atoms with van der Waals surface area (Å²) in [6.07, 6.45) is -9.23. The van der Waals surface area contributed by atoms with Gasteiger partial charge >= 0.3 is 18.8 Å². The van der Waals surface area contributed by atoms with E-state index in [1.54, 1.807) is 24.3 Å². The molecule has 1 aliphatic rings. The maximum Gasteiger partial charge on any atom is 0.573 e. The van der Waals surface area contributed by atoms with Crippen molar-refractivity contribution < 1.29 is 50.1 Å². The van der Waals surface area contributed by atoms with Crippen molar-refractivity contribution in [2.24, 2.45) is 4.99 Å². The second kappa shape index (κ2) is 13.3. The number of hydrogen-bond acceptors (Lipinski definition) is 8. The van der Waals surface area contributed by atoms with Gasteiger partial charge in [-0.3, -0.25) is 9.69 Å². The van der Waals surface area contributed by atoms with Crippen molar-refractivity contribution in [3.63, 3.8) is 0 Å². The Labute approximate surface area is 264 Å². The van der Waals surface area contributed by atoms with Crippen LogP contribution in [0.2, 0.25) is 5.02 Å². The number of ether oxygens (including phenoxy) is 3. The Balaban J connectivity index is 1.18.